The molecule has 0 radical (unpaired) electrons. The summed E-state index contributed by atoms with van der Waals surface area (Å²) in [5.74, 6) is 0. The average Bonchev–Trinajstić information content (AvgIpc) is 2.17. The normalized spacial score (nSPS) is 10.4. The van der Waals surface area contributed by atoms with Gasteiger partial charge < -0.3 is 0 Å². The SMILES string of the molecule is CSc1ncn[n+]2ccccc12. The van der Waals surface area contributed by atoms with E-state index in [0.29, 0.717) is 0 Å². The van der Waals surface area contributed by atoms with Crippen molar-refractivity contribution in [1.82, 2.24) is 10.1 Å². The highest BCUT2D eigenvalue weighted by atomic mass is 32.2. The maximum absolute atomic E-state index is 4.16. The van der Waals surface area contributed by atoms with Gasteiger partial charge in [-0.15, -0.1) is 11.8 Å². The molecule has 12 heavy (non-hydrogen) atoms. The van der Waals surface area contributed by atoms with E-state index in [-0.39, 0.29) is 0 Å². The first kappa shape index (κ1) is 7.49. The van der Waals surface area contributed by atoms with E-state index in [1.54, 1.807) is 18.1 Å². The molecule has 60 valence electrons. The second kappa shape index (κ2) is 3.06. The Morgan fingerprint density at radius 2 is 2.33 bits per heavy atom. The molecule has 0 aliphatic carbocycles. The van der Waals surface area contributed by atoms with Crippen molar-refractivity contribution < 1.29 is 4.52 Å². The van der Waals surface area contributed by atoms with E-state index in [2.05, 4.69) is 10.1 Å². The first-order valence-electron chi connectivity index (χ1n) is 3.57. The minimum Gasteiger partial charge on any atom is -0.217 e. The number of fused-ring (bicyclic) bond motifs is 1. The molecule has 0 unspecified atom stereocenters. The number of rotatable bonds is 1. The second-order valence-electron chi connectivity index (χ2n) is 2.30. The van der Waals surface area contributed by atoms with Crippen molar-refractivity contribution in [2.45, 2.75) is 5.03 Å². The summed E-state index contributed by atoms with van der Waals surface area (Å²) in [4.78, 5) is 4.16. The molecule has 0 aromatic carbocycles. The van der Waals surface area contributed by atoms with Gasteiger partial charge in [-0.2, -0.15) is 0 Å². The first-order chi connectivity index (χ1) is 5.92. The number of pyridine rings is 1. The fourth-order valence-electron chi connectivity index (χ4n) is 1.06. The molecular weight excluding hydrogens is 170 g/mol. The smallest absolute Gasteiger partial charge is 0.217 e. The van der Waals surface area contributed by atoms with E-state index in [0.717, 1.165) is 10.5 Å². The second-order valence-corrected chi connectivity index (χ2v) is 3.09. The van der Waals surface area contributed by atoms with Crippen LogP contribution in [0.15, 0.2) is 35.7 Å². The molecular formula is C8H8N3S+. The van der Waals surface area contributed by atoms with Gasteiger partial charge in [0.25, 0.3) is 5.52 Å². The van der Waals surface area contributed by atoms with Crippen LogP contribution in [0.2, 0.25) is 0 Å². The van der Waals surface area contributed by atoms with Crippen LogP contribution >= 0.6 is 11.8 Å². The van der Waals surface area contributed by atoms with E-state index in [1.807, 2.05) is 35.2 Å². The van der Waals surface area contributed by atoms with Crippen molar-refractivity contribution in [2.24, 2.45) is 0 Å². The van der Waals surface area contributed by atoms with Gasteiger partial charge in [-0.25, -0.2) is 4.98 Å². The van der Waals surface area contributed by atoms with Gasteiger partial charge in [-0.3, -0.25) is 0 Å². The number of nitrogens with zero attached hydrogens (tertiary/aromatic N) is 3. The van der Waals surface area contributed by atoms with Crippen molar-refractivity contribution in [3.05, 3.63) is 30.7 Å². The van der Waals surface area contributed by atoms with Crippen LogP contribution in [0.4, 0.5) is 0 Å². The molecule has 0 spiro atoms. The lowest BCUT2D eigenvalue weighted by Gasteiger charge is -1.92. The Morgan fingerprint density at radius 1 is 1.42 bits per heavy atom. The quantitative estimate of drug-likeness (QED) is 0.481. The van der Waals surface area contributed by atoms with Gasteiger partial charge in [0.1, 0.15) is 0 Å². The molecule has 2 heterocycles. The highest BCUT2D eigenvalue weighted by Gasteiger charge is 2.07. The zero-order chi connectivity index (χ0) is 8.39. The summed E-state index contributed by atoms with van der Waals surface area (Å²) in [5, 5.41) is 5.09. The molecule has 3 nitrogen and oxygen atoms in total. The molecule has 0 N–H and O–H groups in total. The Bertz CT molecular complexity index is 397. The summed E-state index contributed by atoms with van der Waals surface area (Å²) in [6.07, 6.45) is 5.49. The number of thioether (sulfide) groups is 1. The summed E-state index contributed by atoms with van der Waals surface area (Å²) in [5.41, 5.74) is 1.05. The number of aromatic nitrogens is 3. The molecule has 0 fully saturated rings. The minimum absolute atomic E-state index is 1.01. The molecule has 0 bridgehead atoms. The summed E-state index contributed by atoms with van der Waals surface area (Å²) in [6.45, 7) is 0. The minimum atomic E-state index is 1.01. The highest BCUT2D eigenvalue weighted by Crippen LogP contribution is 2.12. The standard InChI is InChI=1S/C8H8N3S/c1-12-8-7-4-2-3-5-11(7)10-6-9-8/h2-6H,1H3/q+1. The van der Waals surface area contributed by atoms with Crippen molar-refractivity contribution in [2.75, 3.05) is 6.26 Å². The van der Waals surface area contributed by atoms with E-state index < -0.39 is 0 Å². The lowest BCUT2D eigenvalue weighted by atomic mass is 10.4. The lowest BCUT2D eigenvalue weighted by molar-refractivity contribution is -0.583. The van der Waals surface area contributed by atoms with E-state index in [4.69, 9.17) is 0 Å². The molecule has 0 saturated heterocycles. The molecule has 2 aromatic heterocycles. The third-order valence-electron chi connectivity index (χ3n) is 1.60. The van der Waals surface area contributed by atoms with Crippen LogP contribution in [0, 0.1) is 0 Å². The van der Waals surface area contributed by atoms with Crippen LogP contribution in [0.25, 0.3) is 5.52 Å². The van der Waals surface area contributed by atoms with Gasteiger partial charge in [0.15, 0.2) is 11.4 Å². The van der Waals surface area contributed by atoms with Crippen molar-refractivity contribution in [3.8, 4) is 0 Å². The monoisotopic (exact) mass is 178 g/mol. The van der Waals surface area contributed by atoms with Crippen LogP contribution in [-0.2, 0) is 0 Å². The Morgan fingerprint density at radius 3 is 3.17 bits per heavy atom. The average molecular weight is 178 g/mol. The summed E-state index contributed by atoms with van der Waals surface area (Å²) < 4.78 is 1.82. The first-order valence-corrected chi connectivity index (χ1v) is 4.80. The molecule has 0 amide bonds. The molecule has 2 aromatic rings. The van der Waals surface area contributed by atoms with Crippen LogP contribution in [-0.4, -0.2) is 16.3 Å². The Hall–Kier alpha value is -1.16. The maximum atomic E-state index is 4.16. The third kappa shape index (κ3) is 1.14. The van der Waals surface area contributed by atoms with Gasteiger partial charge in [0.05, 0.1) is 0 Å². The fraction of sp³-hybridized carbons (Fsp3) is 0.125. The largest absolute Gasteiger partial charge is 0.270 e. The van der Waals surface area contributed by atoms with Gasteiger partial charge >= 0.3 is 0 Å². The van der Waals surface area contributed by atoms with Gasteiger partial charge in [-0.05, 0) is 16.8 Å². The molecule has 0 aliphatic rings. The highest BCUT2D eigenvalue weighted by molar-refractivity contribution is 7.98. The third-order valence-corrected chi connectivity index (χ3v) is 2.30. The van der Waals surface area contributed by atoms with Crippen LogP contribution in [0.1, 0.15) is 0 Å². The molecule has 4 heteroatoms. The molecule has 0 saturated carbocycles. The molecule has 2 rings (SSSR count). The Balaban J connectivity index is 2.79. The van der Waals surface area contributed by atoms with Gasteiger partial charge in [0, 0.05) is 17.2 Å². The van der Waals surface area contributed by atoms with E-state index in [1.165, 1.54) is 0 Å². The molecule has 0 atom stereocenters. The van der Waals surface area contributed by atoms with Crippen LogP contribution < -0.4 is 4.52 Å². The number of hydrogen-bond donors (Lipinski definition) is 0. The van der Waals surface area contributed by atoms with E-state index in [9.17, 15) is 0 Å². The fourth-order valence-corrected chi connectivity index (χ4v) is 1.59. The lowest BCUT2D eigenvalue weighted by Crippen LogP contribution is -2.26. The zero-order valence-corrected chi connectivity index (χ0v) is 7.45. The van der Waals surface area contributed by atoms with Gasteiger partial charge in [0.2, 0.25) is 6.20 Å². The Kier molecular flexibility index (Phi) is 1.91. The topological polar surface area (TPSA) is 29.9 Å². The summed E-state index contributed by atoms with van der Waals surface area (Å²) in [6, 6.07) is 5.94. The zero-order valence-electron chi connectivity index (χ0n) is 6.64. The van der Waals surface area contributed by atoms with Crippen LogP contribution in [0.3, 0.4) is 0 Å². The van der Waals surface area contributed by atoms with Crippen molar-refractivity contribution in [1.29, 1.82) is 0 Å². The van der Waals surface area contributed by atoms with Crippen molar-refractivity contribution >= 4 is 17.3 Å². The van der Waals surface area contributed by atoms with Gasteiger partial charge in [-0.1, -0.05) is 0 Å². The van der Waals surface area contributed by atoms with E-state index >= 15 is 0 Å². The maximum Gasteiger partial charge on any atom is 0.270 e. The number of hydrogen-bond acceptors (Lipinski definition) is 3. The summed E-state index contributed by atoms with van der Waals surface area (Å²) in [7, 11) is 0. The predicted octanol–water partition coefficient (Wildman–Crippen LogP) is 0.937. The Labute approximate surface area is 74.5 Å². The van der Waals surface area contributed by atoms with Crippen molar-refractivity contribution in [3.63, 3.8) is 0 Å². The molecule has 0 aliphatic heterocycles. The predicted molar refractivity (Wildman–Crippen MR) is 47.0 cm³/mol. The summed E-state index contributed by atoms with van der Waals surface area (Å²) >= 11 is 1.63. The van der Waals surface area contributed by atoms with Crippen LogP contribution in [0.5, 0.6) is 0 Å².